The number of fused-ring (bicyclic) bond motifs is 7. The molecular formula is C26H21Br2N3O2. The first-order valence-corrected chi connectivity index (χ1v) is 12.5. The summed E-state index contributed by atoms with van der Waals surface area (Å²) in [5.41, 5.74) is 2.40. The van der Waals surface area contributed by atoms with E-state index in [9.17, 15) is 4.79 Å². The van der Waals surface area contributed by atoms with Crippen molar-refractivity contribution in [2.45, 2.75) is 44.4 Å². The zero-order valence-electron chi connectivity index (χ0n) is 18.4. The van der Waals surface area contributed by atoms with E-state index >= 15 is 0 Å². The molecule has 33 heavy (non-hydrogen) atoms. The van der Waals surface area contributed by atoms with Crippen molar-refractivity contribution < 1.29 is 9.53 Å². The SMILES string of the molecule is CC12CCC(C(=O)Oc3c(Br)cc(Br)c4cccnc34)(c3nc4ccccc4nc31)C2(C)C. The molecule has 0 spiro atoms. The summed E-state index contributed by atoms with van der Waals surface area (Å²) in [7, 11) is 0. The lowest BCUT2D eigenvalue weighted by Gasteiger charge is -2.38. The number of halogens is 2. The molecule has 5 nitrogen and oxygen atoms in total. The number of nitrogens with zero attached hydrogens (tertiary/aromatic N) is 3. The number of hydrogen-bond acceptors (Lipinski definition) is 5. The fourth-order valence-electron chi connectivity index (χ4n) is 5.92. The largest absolute Gasteiger partial charge is 0.422 e. The topological polar surface area (TPSA) is 65.0 Å². The fourth-order valence-corrected chi connectivity index (χ4v) is 7.28. The maximum Gasteiger partial charge on any atom is 0.324 e. The van der Waals surface area contributed by atoms with Crippen LogP contribution in [0, 0.1) is 5.41 Å². The van der Waals surface area contributed by atoms with Gasteiger partial charge in [0.15, 0.2) is 5.75 Å². The van der Waals surface area contributed by atoms with Crippen LogP contribution < -0.4 is 4.74 Å². The fraction of sp³-hybridized carbons (Fsp3) is 0.308. The van der Waals surface area contributed by atoms with E-state index in [-0.39, 0.29) is 11.4 Å². The van der Waals surface area contributed by atoms with Crippen LogP contribution in [-0.4, -0.2) is 20.9 Å². The van der Waals surface area contributed by atoms with Gasteiger partial charge in [0.1, 0.15) is 10.9 Å². The lowest BCUT2D eigenvalue weighted by atomic mass is 9.64. The molecular weight excluding hydrogens is 546 g/mol. The number of para-hydroxylation sites is 2. The molecule has 7 heteroatoms. The third-order valence-electron chi connectivity index (χ3n) is 8.24. The minimum atomic E-state index is -0.887. The molecule has 1 fully saturated rings. The van der Waals surface area contributed by atoms with Gasteiger partial charge in [0.25, 0.3) is 0 Å². The summed E-state index contributed by atoms with van der Waals surface area (Å²) in [5, 5.41) is 0.883. The van der Waals surface area contributed by atoms with Gasteiger partial charge in [-0.15, -0.1) is 0 Å². The van der Waals surface area contributed by atoms with E-state index in [1.165, 1.54) is 0 Å². The van der Waals surface area contributed by atoms with Crippen molar-refractivity contribution in [2.75, 3.05) is 0 Å². The summed E-state index contributed by atoms with van der Waals surface area (Å²) in [5.74, 6) is 0.134. The molecule has 166 valence electrons. The second-order valence-electron chi connectivity index (χ2n) is 9.73. The standard InChI is InChI=1S/C26H21Br2N3O2/c1-24(2)25(3)10-11-26(24,22-21(25)30-17-8-4-5-9-18(17)31-22)23(32)33-20-16(28)13-15(27)14-7-6-12-29-19(14)20/h4-9,12-13H,10-11H2,1-3H3. The zero-order valence-corrected chi connectivity index (χ0v) is 21.6. The Morgan fingerprint density at radius 3 is 2.36 bits per heavy atom. The maximum atomic E-state index is 14.2. The van der Waals surface area contributed by atoms with Crippen LogP contribution in [0.25, 0.3) is 21.9 Å². The number of esters is 1. The van der Waals surface area contributed by atoms with Crippen LogP contribution in [0.2, 0.25) is 0 Å². The van der Waals surface area contributed by atoms with Gasteiger partial charge < -0.3 is 4.74 Å². The highest BCUT2D eigenvalue weighted by Gasteiger charge is 2.74. The van der Waals surface area contributed by atoms with E-state index in [0.29, 0.717) is 22.2 Å². The van der Waals surface area contributed by atoms with Gasteiger partial charge in [0, 0.05) is 21.5 Å². The van der Waals surface area contributed by atoms with E-state index in [1.807, 2.05) is 42.5 Å². The molecule has 0 aliphatic heterocycles. The van der Waals surface area contributed by atoms with Crippen molar-refractivity contribution >= 4 is 59.8 Å². The van der Waals surface area contributed by atoms with Crippen molar-refractivity contribution in [1.29, 1.82) is 0 Å². The van der Waals surface area contributed by atoms with Gasteiger partial charge in [0.05, 0.1) is 26.9 Å². The molecule has 1 saturated carbocycles. The summed E-state index contributed by atoms with van der Waals surface area (Å²) in [4.78, 5) is 28.7. The Morgan fingerprint density at radius 2 is 1.64 bits per heavy atom. The van der Waals surface area contributed by atoms with Crippen LogP contribution in [0.4, 0.5) is 0 Å². The van der Waals surface area contributed by atoms with Crippen molar-refractivity contribution in [2.24, 2.45) is 5.41 Å². The van der Waals surface area contributed by atoms with Crippen LogP contribution >= 0.6 is 31.9 Å². The van der Waals surface area contributed by atoms with E-state index in [1.54, 1.807) is 6.20 Å². The molecule has 2 aliphatic rings. The van der Waals surface area contributed by atoms with Gasteiger partial charge >= 0.3 is 5.97 Å². The van der Waals surface area contributed by atoms with E-state index in [2.05, 4.69) is 57.6 Å². The second-order valence-corrected chi connectivity index (χ2v) is 11.4. The summed E-state index contributed by atoms with van der Waals surface area (Å²) in [6.07, 6.45) is 3.24. The first-order valence-electron chi connectivity index (χ1n) is 10.9. The third kappa shape index (κ3) is 2.52. The Morgan fingerprint density at radius 1 is 0.939 bits per heavy atom. The monoisotopic (exact) mass is 565 g/mol. The predicted octanol–water partition coefficient (Wildman–Crippen LogP) is 6.64. The Labute approximate surface area is 208 Å². The number of carbonyl (C=O) groups excluding carboxylic acids is 1. The van der Waals surface area contributed by atoms with Gasteiger partial charge in [-0.25, -0.2) is 9.97 Å². The van der Waals surface area contributed by atoms with Gasteiger partial charge in [-0.05, 0) is 58.5 Å². The molecule has 2 bridgehead atoms. The minimum absolute atomic E-state index is 0.268. The Kier molecular flexibility index (Phi) is 4.38. The van der Waals surface area contributed by atoms with Crippen LogP contribution in [0.1, 0.15) is 45.0 Å². The molecule has 6 rings (SSSR count). The normalized spacial score (nSPS) is 24.9. The molecule has 2 atom stereocenters. The maximum absolute atomic E-state index is 14.2. The third-order valence-corrected chi connectivity index (χ3v) is 9.48. The number of carbonyl (C=O) groups is 1. The number of rotatable bonds is 2. The highest BCUT2D eigenvalue weighted by atomic mass is 79.9. The highest BCUT2D eigenvalue weighted by Crippen LogP contribution is 2.70. The molecule has 2 unspecified atom stereocenters. The Hall–Kier alpha value is -2.38. The smallest absolute Gasteiger partial charge is 0.324 e. The molecule has 2 heterocycles. The summed E-state index contributed by atoms with van der Waals surface area (Å²) in [6.45, 7) is 6.52. The average molecular weight is 567 g/mol. The number of ether oxygens (including phenoxy) is 1. The number of pyridine rings is 1. The van der Waals surface area contributed by atoms with Gasteiger partial charge in [-0.1, -0.05) is 54.9 Å². The first kappa shape index (κ1) is 21.2. The van der Waals surface area contributed by atoms with Crippen LogP contribution in [0.3, 0.4) is 0 Å². The molecule has 2 aromatic heterocycles. The molecule has 0 saturated heterocycles. The zero-order chi connectivity index (χ0) is 23.2. The lowest BCUT2D eigenvalue weighted by Crippen LogP contribution is -2.48. The summed E-state index contributed by atoms with van der Waals surface area (Å²) < 4.78 is 7.79. The van der Waals surface area contributed by atoms with Crippen molar-refractivity contribution in [3.8, 4) is 5.75 Å². The molecule has 0 N–H and O–H groups in total. The quantitative estimate of drug-likeness (QED) is 0.201. The second kappa shape index (κ2) is 6.83. The van der Waals surface area contributed by atoms with Crippen molar-refractivity contribution in [3.63, 3.8) is 0 Å². The minimum Gasteiger partial charge on any atom is -0.422 e. The molecule has 2 aromatic carbocycles. The van der Waals surface area contributed by atoms with Crippen LogP contribution in [0.5, 0.6) is 5.75 Å². The highest BCUT2D eigenvalue weighted by molar-refractivity contribution is 9.11. The molecule has 0 radical (unpaired) electrons. The van der Waals surface area contributed by atoms with Gasteiger partial charge in [-0.3, -0.25) is 9.78 Å². The molecule has 4 aromatic rings. The van der Waals surface area contributed by atoms with Crippen LogP contribution in [0.15, 0.2) is 57.6 Å². The van der Waals surface area contributed by atoms with Gasteiger partial charge in [-0.2, -0.15) is 0 Å². The van der Waals surface area contributed by atoms with Crippen molar-refractivity contribution in [1.82, 2.24) is 15.0 Å². The van der Waals surface area contributed by atoms with Crippen molar-refractivity contribution in [3.05, 3.63) is 69.0 Å². The number of benzene rings is 2. The van der Waals surface area contributed by atoms with Gasteiger partial charge in [0.2, 0.25) is 0 Å². The molecule has 0 amide bonds. The van der Waals surface area contributed by atoms with Crippen LogP contribution in [-0.2, 0) is 15.6 Å². The predicted molar refractivity (Wildman–Crippen MR) is 134 cm³/mol. The summed E-state index contributed by atoms with van der Waals surface area (Å²) in [6, 6.07) is 13.6. The molecule has 2 aliphatic carbocycles. The van der Waals surface area contributed by atoms with E-state index in [4.69, 9.17) is 14.7 Å². The Bertz CT molecular complexity index is 1500. The summed E-state index contributed by atoms with van der Waals surface area (Å²) >= 11 is 7.17. The number of hydrogen-bond donors (Lipinski definition) is 0. The number of aromatic nitrogens is 3. The van der Waals surface area contributed by atoms with E-state index < -0.39 is 10.8 Å². The first-order chi connectivity index (χ1) is 15.7. The average Bonchev–Trinajstić information content (AvgIpc) is 3.10. The lowest BCUT2D eigenvalue weighted by molar-refractivity contribution is -0.145. The van der Waals surface area contributed by atoms with E-state index in [0.717, 1.165) is 38.7 Å². The Balaban J connectivity index is 1.56.